The lowest BCUT2D eigenvalue weighted by molar-refractivity contribution is 0.306. The van der Waals surface area contributed by atoms with Crippen molar-refractivity contribution < 1.29 is 4.74 Å². The van der Waals surface area contributed by atoms with Crippen LogP contribution in [0.25, 0.3) is 0 Å². The molecule has 1 aliphatic carbocycles. The summed E-state index contributed by atoms with van der Waals surface area (Å²) < 4.78 is 6.88. The average molecular weight is 332 g/mol. The molecule has 0 fully saturated rings. The Morgan fingerprint density at radius 2 is 1.80 bits per heavy atom. The van der Waals surface area contributed by atoms with Crippen LogP contribution in [-0.2, 0) is 19.4 Å². The van der Waals surface area contributed by atoms with Crippen LogP contribution in [0.15, 0.2) is 40.9 Å². The van der Waals surface area contributed by atoms with Crippen molar-refractivity contribution in [1.29, 1.82) is 0 Å². The summed E-state index contributed by atoms with van der Waals surface area (Å²) in [7, 11) is 0. The molecule has 2 aromatic rings. The molecule has 2 N–H and O–H groups in total. The second kappa shape index (κ2) is 5.88. The van der Waals surface area contributed by atoms with Crippen molar-refractivity contribution in [2.75, 3.05) is 5.73 Å². The molecule has 0 aliphatic heterocycles. The van der Waals surface area contributed by atoms with Gasteiger partial charge in [0.05, 0.1) is 0 Å². The highest BCUT2D eigenvalue weighted by molar-refractivity contribution is 9.10. The lowest BCUT2D eigenvalue weighted by Gasteiger charge is -2.17. The summed E-state index contributed by atoms with van der Waals surface area (Å²) in [6.45, 7) is 0.512. The lowest BCUT2D eigenvalue weighted by atomic mass is 9.92. The number of benzene rings is 2. The van der Waals surface area contributed by atoms with Gasteiger partial charge in [0.2, 0.25) is 0 Å². The number of hydrogen-bond acceptors (Lipinski definition) is 2. The number of anilines is 1. The topological polar surface area (TPSA) is 35.2 Å². The minimum Gasteiger partial charge on any atom is -0.489 e. The van der Waals surface area contributed by atoms with E-state index < -0.39 is 0 Å². The van der Waals surface area contributed by atoms with Crippen LogP contribution in [0.4, 0.5) is 5.69 Å². The van der Waals surface area contributed by atoms with Gasteiger partial charge in [-0.3, -0.25) is 0 Å². The van der Waals surface area contributed by atoms with Gasteiger partial charge in [0, 0.05) is 15.7 Å². The van der Waals surface area contributed by atoms with E-state index in [1.807, 2.05) is 18.2 Å². The Bertz CT molecular complexity index is 624. The molecule has 0 bridgehead atoms. The van der Waals surface area contributed by atoms with Gasteiger partial charge in [0.1, 0.15) is 12.4 Å². The SMILES string of the molecule is Nc1cc(Br)ccc1COc1ccc2c(c1)CCCC2. The molecule has 2 aromatic carbocycles. The van der Waals surface area contributed by atoms with E-state index >= 15 is 0 Å². The van der Waals surface area contributed by atoms with Crippen LogP contribution in [-0.4, -0.2) is 0 Å². The molecular weight excluding hydrogens is 314 g/mol. The van der Waals surface area contributed by atoms with Crippen molar-refractivity contribution in [3.05, 3.63) is 57.6 Å². The number of nitrogens with two attached hydrogens (primary N) is 1. The predicted molar refractivity (Wildman–Crippen MR) is 86.0 cm³/mol. The predicted octanol–water partition coefficient (Wildman–Crippen LogP) is 4.49. The average Bonchev–Trinajstić information content (AvgIpc) is 2.46. The first-order chi connectivity index (χ1) is 9.72. The second-order valence-corrected chi connectivity index (χ2v) is 6.19. The van der Waals surface area contributed by atoms with Crippen LogP contribution in [0, 0.1) is 0 Å². The number of fused-ring (bicyclic) bond motifs is 1. The van der Waals surface area contributed by atoms with Crippen LogP contribution < -0.4 is 10.5 Å². The van der Waals surface area contributed by atoms with Gasteiger partial charge >= 0.3 is 0 Å². The van der Waals surface area contributed by atoms with Crippen LogP contribution >= 0.6 is 15.9 Å². The van der Waals surface area contributed by atoms with E-state index in [2.05, 4.69) is 34.1 Å². The van der Waals surface area contributed by atoms with Gasteiger partial charge in [-0.1, -0.05) is 28.1 Å². The van der Waals surface area contributed by atoms with Crippen LogP contribution in [0.1, 0.15) is 29.5 Å². The molecule has 0 amide bonds. The monoisotopic (exact) mass is 331 g/mol. The van der Waals surface area contributed by atoms with E-state index in [4.69, 9.17) is 10.5 Å². The van der Waals surface area contributed by atoms with E-state index in [0.29, 0.717) is 6.61 Å². The third kappa shape index (κ3) is 2.98. The largest absolute Gasteiger partial charge is 0.489 e. The molecule has 3 rings (SSSR count). The highest BCUT2D eigenvalue weighted by Crippen LogP contribution is 2.26. The van der Waals surface area contributed by atoms with Gasteiger partial charge < -0.3 is 10.5 Å². The maximum Gasteiger partial charge on any atom is 0.120 e. The second-order valence-electron chi connectivity index (χ2n) is 5.27. The molecule has 0 atom stereocenters. The van der Waals surface area contributed by atoms with Crippen molar-refractivity contribution in [2.45, 2.75) is 32.3 Å². The summed E-state index contributed by atoms with van der Waals surface area (Å²) in [5.41, 5.74) is 10.7. The molecule has 1 aliphatic rings. The molecule has 0 saturated carbocycles. The van der Waals surface area contributed by atoms with Gasteiger partial charge in [0.25, 0.3) is 0 Å². The van der Waals surface area contributed by atoms with Crippen LogP contribution in [0.2, 0.25) is 0 Å². The number of aryl methyl sites for hydroxylation is 2. The molecule has 2 nitrogen and oxygen atoms in total. The fraction of sp³-hybridized carbons (Fsp3) is 0.294. The number of nitrogen functional groups attached to an aromatic ring is 1. The fourth-order valence-electron chi connectivity index (χ4n) is 2.66. The fourth-order valence-corrected chi connectivity index (χ4v) is 3.04. The molecule has 3 heteroatoms. The van der Waals surface area contributed by atoms with Crippen molar-refractivity contribution >= 4 is 21.6 Å². The van der Waals surface area contributed by atoms with Crippen molar-refractivity contribution in [3.63, 3.8) is 0 Å². The smallest absolute Gasteiger partial charge is 0.120 e. The Hall–Kier alpha value is -1.48. The molecule has 104 valence electrons. The molecule has 20 heavy (non-hydrogen) atoms. The van der Waals surface area contributed by atoms with E-state index in [1.165, 1.54) is 36.8 Å². The van der Waals surface area contributed by atoms with E-state index in [-0.39, 0.29) is 0 Å². The summed E-state index contributed by atoms with van der Waals surface area (Å²) in [5, 5.41) is 0. The van der Waals surface area contributed by atoms with Gasteiger partial charge in [-0.05, 0) is 61.1 Å². The first-order valence-electron chi connectivity index (χ1n) is 7.01. The van der Waals surface area contributed by atoms with Crippen molar-refractivity contribution in [1.82, 2.24) is 0 Å². The molecule has 0 heterocycles. The van der Waals surface area contributed by atoms with Gasteiger partial charge in [-0.25, -0.2) is 0 Å². The normalized spacial score (nSPS) is 13.8. The Morgan fingerprint density at radius 1 is 1.00 bits per heavy atom. The summed E-state index contributed by atoms with van der Waals surface area (Å²) in [6, 6.07) is 12.3. The Labute approximate surface area is 128 Å². The molecule has 0 unspecified atom stereocenters. The Morgan fingerprint density at radius 3 is 2.60 bits per heavy atom. The highest BCUT2D eigenvalue weighted by Gasteiger charge is 2.10. The number of rotatable bonds is 3. The Kier molecular flexibility index (Phi) is 3.97. The molecule has 0 radical (unpaired) electrons. The Balaban J connectivity index is 1.72. The summed E-state index contributed by atoms with van der Waals surface area (Å²) in [6.07, 6.45) is 4.97. The zero-order chi connectivity index (χ0) is 13.9. The third-order valence-corrected chi connectivity index (χ3v) is 4.32. The summed E-state index contributed by atoms with van der Waals surface area (Å²) >= 11 is 3.41. The summed E-state index contributed by atoms with van der Waals surface area (Å²) in [5.74, 6) is 0.938. The van der Waals surface area contributed by atoms with E-state index in [9.17, 15) is 0 Å². The van der Waals surface area contributed by atoms with Crippen LogP contribution in [0.5, 0.6) is 5.75 Å². The molecule has 0 spiro atoms. The molecular formula is C17H18BrNO. The quantitative estimate of drug-likeness (QED) is 0.841. The minimum atomic E-state index is 0.512. The lowest BCUT2D eigenvalue weighted by Crippen LogP contribution is -2.04. The third-order valence-electron chi connectivity index (χ3n) is 3.82. The van der Waals surface area contributed by atoms with Crippen molar-refractivity contribution in [2.24, 2.45) is 0 Å². The summed E-state index contributed by atoms with van der Waals surface area (Å²) in [4.78, 5) is 0. The standard InChI is InChI=1S/C17H18BrNO/c18-15-7-5-14(17(19)10-15)11-20-16-8-6-12-3-1-2-4-13(12)9-16/h5-10H,1-4,11,19H2. The maximum absolute atomic E-state index is 5.99. The highest BCUT2D eigenvalue weighted by atomic mass is 79.9. The zero-order valence-electron chi connectivity index (χ0n) is 11.4. The zero-order valence-corrected chi connectivity index (χ0v) is 12.9. The number of hydrogen-bond donors (Lipinski definition) is 1. The van der Waals surface area contributed by atoms with Crippen molar-refractivity contribution in [3.8, 4) is 5.75 Å². The maximum atomic E-state index is 5.99. The van der Waals surface area contributed by atoms with Gasteiger partial charge in [-0.2, -0.15) is 0 Å². The van der Waals surface area contributed by atoms with Gasteiger partial charge in [0.15, 0.2) is 0 Å². The van der Waals surface area contributed by atoms with Gasteiger partial charge in [-0.15, -0.1) is 0 Å². The van der Waals surface area contributed by atoms with E-state index in [1.54, 1.807) is 0 Å². The first-order valence-corrected chi connectivity index (χ1v) is 7.80. The number of ether oxygens (including phenoxy) is 1. The van der Waals surface area contributed by atoms with E-state index in [0.717, 1.165) is 21.5 Å². The minimum absolute atomic E-state index is 0.512. The van der Waals surface area contributed by atoms with Crippen LogP contribution in [0.3, 0.4) is 0 Å². The number of halogens is 1. The molecule has 0 aromatic heterocycles. The molecule has 0 saturated heterocycles. The first kappa shape index (κ1) is 13.5.